The number of nitrogens with zero attached hydrogens (tertiary/aromatic N) is 6. The molecule has 1 aromatic heterocycles. The van der Waals surface area contributed by atoms with Crippen LogP contribution in [0, 0.1) is 0 Å². The Balaban J connectivity index is 1.55. The molecule has 1 aliphatic rings. The van der Waals surface area contributed by atoms with Gasteiger partial charge in [0.15, 0.2) is 0 Å². The molecule has 176 valence electrons. The summed E-state index contributed by atoms with van der Waals surface area (Å²) in [6, 6.07) is 10.6. The van der Waals surface area contributed by atoms with Crippen molar-refractivity contribution in [1.29, 1.82) is 0 Å². The van der Waals surface area contributed by atoms with Crippen molar-refractivity contribution in [2.75, 3.05) is 28.8 Å². The minimum atomic E-state index is 0.253. The number of piperidine rings is 1. The van der Waals surface area contributed by atoms with Crippen LogP contribution in [0.4, 0.5) is 17.8 Å². The lowest BCUT2D eigenvalue weighted by Crippen LogP contribution is -2.31. The number of aromatic nitrogens is 3. The van der Waals surface area contributed by atoms with Gasteiger partial charge in [-0.25, -0.2) is 10.9 Å². The molecule has 0 spiro atoms. The molecule has 0 saturated carbocycles. The van der Waals surface area contributed by atoms with Crippen LogP contribution in [0.25, 0.3) is 0 Å². The molecule has 1 aliphatic heterocycles. The fraction of sp³-hybridized carbons (Fsp3) is 0.227. The van der Waals surface area contributed by atoms with E-state index in [1.165, 1.54) is 6.42 Å². The Labute approximate surface area is 217 Å². The molecule has 12 heteroatoms. The number of hydrogen-bond acceptors (Lipinski definition) is 8. The summed E-state index contributed by atoms with van der Waals surface area (Å²) in [4.78, 5) is 15.5. The zero-order valence-corrected chi connectivity index (χ0v) is 20.9. The smallest absolute Gasteiger partial charge is 0.250 e. The first kappa shape index (κ1) is 24.5. The van der Waals surface area contributed by atoms with Gasteiger partial charge in [0.25, 0.3) is 0 Å². The summed E-state index contributed by atoms with van der Waals surface area (Å²) >= 11 is 24.5. The molecule has 8 nitrogen and oxygen atoms in total. The summed E-state index contributed by atoms with van der Waals surface area (Å²) in [7, 11) is 0. The van der Waals surface area contributed by atoms with Crippen LogP contribution >= 0.6 is 46.4 Å². The van der Waals surface area contributed by atoms with Gasteiger partial charge < -0.3 is 4.90 Å². The Morgan fingerprint density at radius 3 is 1.71 bits per heavy atom. The number of rotatable bonds is 7. The van der Waals surface area contributed by atoms with Gasteiger partial charge in [-0.2, -0.15) is 25.2 Å². The maximum absolute atomic E-state index is 6.21. The summed E-state index contributed by atoms with van der Waals surface area (Å²) in [6.45, 7) is 1.73. The Hall–Kier alpha value is -2.65. The Morgan fingerprint density at radius 2 is 1.21 bits per heavy atom. The highest BCUT2D eigenvalue weighted by Gasteiger charge is 2.16. The van der Waals surface area contributed by atoms with Crippen molar-refractivity contribution in [3.63, 3.8) is 0 Å². The number of nitrogens with one attached hydrogen (secondary N) is 2. The van der Waals surface area contributed by atoms with Crippen molar-refractivity contribution < 1.29 is 0 Å². The third kappa shape index (κ3) is 6.27. The minimum absolute atomic E-state index is 0.253. The average Bonchev–Trinajstić information content (AvgIpc) is 2.85. The second kappa shape index (κ2) is 11.7. The highest BCUT2D eigenvalue weighted by Crippen LogP contribution is 2.25. The number of anilines is 3. The number of halogens is 4. The van der Waals surface area contributed by atoms with E-state index in [-0.39, 0.29) is 11.9 Å². The maximum Gasteiger partial charge on any atom is 0.250 e. The molecule has 0 amide bonds. The first-order chi connectivity index (χ1) is 16.5. The van der Waals surface area contributed by atoms with Gasteiger partial charge in [0.2, 0.25) is 17.8 Å². The molecule has 2 N–H and O–H groups in total. The van der Waals surface area contributed by atoms with Gasteiger partial charge in [-0.05, 0) is 31.4 Å². The van der Waals surface area contributed by atoms with Gasteiger partial charge in [0.1, 0.15) is 0 Å². The summed E-state index contributed by atoms with van der Waals surface area (Å²) in [5.41, 5.74) is 6.99. The van der Waals surface area contributed by atoms with Crippen LogP contribution in [0.3, 0.4) is 0 Å². The van der Waals surface area contributed by atoms with Crippen LogP contribution in [0.5, 0.6) is 0 Å². The highest BCUT2D eigenvalue weighted by molar-refractivity contribution is 6.44. The second-order valence-electron chi connectivity index (χ2n) is 7.36. The predicted octanol–water partition coefficient (Wildman–Crippen LogP) is 6.37. The first-order valence-electron chi connectivity index (χ1n) is 10.5. The van der Waals surface area contributed by atoms with Crippen LogP contribution in [-0.4, -0.2) is 40.5 Å². The molecule has 2 aromatic carbocycles. The van der Waals surface area contributed by atoms with Crippen molar-refractivity contribution in [3.05, 3.63) is 67.6 Å². The van der Waals surface area contributed by atoms with Crippen molar-refractivity contribution in [1.82, 2.24) is 15.0 Å². The fourth-order valence-electron chi connectivity index (χ4n) is 3.26. The van der Waals surface area contributed by atoms with Crippen molar-refractivity contribution in [2.45, 2.75) is 19.3 Å². The van der Waals surface area contributed by atoms with E-state index in [1.807, 2.05) is 0 Å². The fourth-order valence-corrected chi connectivity index (χ4v) is 3.97. The topological polar surface area (TPSA) is 90.7 Å². The maximum atomic E-state index is 6.21. The number of hydrazone groups is 2. The van der Waals surface area contributed by atoms with Crippen molar-refractivity contribution >= 4 is 76.7 Å². The molecule has 1 fully saturated rings. The highest BCUT2D eigenvalue weighted by atomic mass is 35.5. The van der Waals surface area contributed by atoms with E-state index in [9.17, 15) is 0 Å². The molecular weight excluding hydrogens is 518 g/mol. The number of hydrogen-bond donors (Lipinski definition) is 2. The molecule has 4 rings (SSSR count). The van der Waals surface area contributed by atoms with Crippen molar-refractivity contribution in [2.24, 2.45) is 10.2 Å². The Bertz CT molecular complexity index is 1130. The van der Waals surface area contributed by atoms with Gasteiger partial charge in [0.05, 0.1) is 32.5 Å². The lowest BCUT2D eigenvalue weighted by atomic mass is 10.1. The first-order valence-corrected chi connectivity index (χ1v) is 12.0. The quantitative estimate of drug-likeness (QED) is 0.269. The summed E-state index contributed by atoms with van der Waals surface area (Å²) in [5, 5.41) is 10.1. The van der Waals surface area contributed by atoms with Gasteiger partial charge in [-0.15, -0.1) is 0 Å². The van der Waals surface area contributed by atoms with Gasteiger partial charge >= 0.3 is 0 Å². The summed E-state index contributed by atoms with van der Waals surface area (Å²) in [6.07, 6.45) is 6.44. The van der Waals surface area contributed by atoms with E-state index < -0.39 is 0 Å². The van der Waals surface area contributed by atoms with E-state index in [2.05, 4.69) is 40.9 Å². The van der Waals surface area contributed by atoms with Crippen LogP contribution in [0.1, 0.15) is 30.4 Å². The number of benzene rings is 2. The van der Waals surface area contributed by atoms with Crippen molar-refractivity contribution in [3.8, 4) is 0 Å². The van der Waals surface area contributed by atoms with Crippen LogP contribution in [0.15, 0.2) is 46.6 Å². The summed E-state index contributed by atoms with van der Waals surface area (Å²) in [5.74, 6) is 1.04. The van der Waals surface area contributed by atoms with E-state index in [0.717, 1.165) is 25.9 Å². The van der Waals surface area contributed by atoms with Gasteiger partial charge in [-0.1, -0.05) is 70.7 Å². The molecule has 0 radical (unpaired) electrons. The van der Waals surface area contributed by atoms with Crippen LogP contribution in [-0.2, 0) is 0 Å². The lowest BCUT2D eigenvalue weighted by Gasteiger charge is -2.26. The molecule has 1 saturated heterocycles. The molecule has 0 bridgehead atoms. The second-order valence-corrected chi connectivity index (χ2v) is 8.93. The predicted molar refractivity (Wildman–Crippen MR) is 141 cm³/mol. The summed E-state index contributed by atoms with van der Waals surface area (Å²) < 4.78 is 0. The largest absolute Gasteiger partial charge is 0.341 e. The zero-order valence-electron chi connectivity index (χ0n) is 17.8. The zero-order chi connectivity index (χ0) is 23.9. The molecule has 0 unspecified atom stereocenters. The van der Waals surface area contributed by atoms with E-state index in [0.29, 0.717) is 37.2 Å². The normalized spacial score (nSPS) is 14.2. The van der Waals surface area contributed by atoms with Crippen LogP contribution < -0.4 is 15.8 Å². The molecule has 34 heavy (non-hydrogen) atoms. The molecular formula is C22H20Cl4N8. The molecule has 2 heterocycles. The monoisotopic (exact) mass is 536 g/mol. The van der Waals surface area contributed by atoms with E-state index in [4.69, 9.17) is 46.4 Å². The molecule has 3 aromatic rings. The third-order valence-corrected chi connectivity index (χ3v) is 6.63. The van der Waals surface area contributed by atoms with Gasteiger partial charge in [-0.3, -0.25) is 0 Å². The van der Waals surface area contributed by atoms with E-state index >= 15 is 0 Å². The standard InChI is InChI=1S/C22H20Cl4N8/c23-16-8-4-6-14(18(16)25)12-27-32-20-29-21(31-22(30-20)34-10-2-1-3-11-34)33-28-13-15-7-5-9-17(24)19(15)26/h4-9,12-13H,1-3,10-11H2,(H2,29,30,31,32,33)/b27-12+,28-13+. The Kier molecular flexibility index (Phi) is 8.39. The molecule has 0 aliphatic carbocycles. The van der Waals surface area contributed by atoms with Crippen LogP contribution in [0.2, 0.25) is 20.1 Å². The minimum Gasteiger partial charge on any atom is -0.341 e. The lowest BCUT2D eigenvalue weighted by molar-refractivity contribution is 0.568. The molecule has 0 atom stereocenters. The average molecular weight is 538 g/mol. The SMILES string of the molecule is Clc1cccc(/C=N/Nc2nc(N/N=C/c3cccc(Cl)c3Cl)nc(N3CCCCC3)n2)c1Cl. The third-order valence-electron chi connectivity index (χ3n) is 4.96. The van der Waals surface area contributed by atoms with Gasteiger partial charge in [0, 0.05) is 24.2 Å². The van der Waals surface area contributed by atoms with E-state index in [1.54, 1.807) is 48.8 Å². The Morgan fingerprint density at radius 1 is 0.706 bits per heavy atom.